The summed E-state index contributed by atoms with van der Waals surface area (Å²) in [4.78, 5) is 55.1. The predicted octanol–water partition coefficient (Wildman–Crippen LogP) is 2.18. The topological polar surface area (TPSA) is 84.0 Å². The van der Waals surface area contributed by atoms with Crippen LogP contribution in [-0.2, 0) is 9.63 Å². The molecule has 2 aromatic carbocycles. The van der Waals surface area contributed by atoms with E-state index in [9.17, 15) is 19.2 Å². The maximum Gasteiger partial charge on any atom is 0.363 e. The fourth-order valence-electron chi connectivity index (χ4n) is 3.08. The number of hydroxylamine groups is 2. The number of carbonyl (C=O) groups is 4. The van der Waals surface area contributed by atoms with Crippen molar-refractivity contribution in [2.24, 2.45) is 0 Å². The van der Waals surface area contributed by atoms with Crippen molar-refractivity contribution in [1.29, 1.82) is 0 Å². The van der Waals surface area contributed by atoms with Gasteiger partial charge in [0.05, 0.1) is 16.7 Å². The highest BCUT2D eigenvalue weighted by Gasteiger charge is 2.38. The van der Waals surface area contributed by atoms with Crippen LogP contribution in [-0.4, -0.2) is 35.3 Å². The highest BCUT2D eigenvalue weighted by molar-refractivity contribution is 6.21. The zero-order valence-corrected chi connectivity index (χ0v) is 13.7. The average molecular weight is 350 g/mol. The van der Waals surface area contributed by atoms with Crippen molar-refractivity contribution in [2.45, 2.75) is 12.8 Å². The molecule has 7 heteroatoms. The normalized spacial score (nSPS) is 16.2. The molecule has 0 aromatic heterocycles. The van der Waals surface area contributed by atoms with Gasteiger partial charge < -0.3 is 9.74 Å². The Morgan fingerprint density at radius 2 is 1.50 bits per heavy atom. The molecule has 2 aliphatic rings. The highest BCUT2D eigenvalue weighted by atomic mass is 16.7. The summed E-state index contributed by atoms with van der Waals surface area (Å²) in [6.45, 7) is 0.650. The quantitative estimate of drug-likeness (QED) is 0.792. The van der Waals surface area contributed by atoms with Crippen LogP contribution in [0.4, 0.5) is 5.69 Å². The van der Waals surface area contributed by atoms with Crippen LogP contribution in [0, 0.1) is 0 Å². The zero-order valence-electron chi connectivity index (χ0n) is 13.7. The van der Waals surface area contributed by atoms with Gasteiger partial charge in [0, 0.05) is 18.7 Å². The van der Waals surface area contributed by atoms with E-state index in [0.29, 0.717) is 23.7 Å². The van der Waals surface area contributed by atoms with Crippen molar-refractivity contribution in [3.8, 4) is 0 Å². The number of fused-ring (bicyclic) bond motifs is 1. The first-order chi connectivity index (χ1) is 12.6. The molecule has 26 heavy (non-hydrogen) atoms. The van der Waals surface area contributed by atoms with Gasteiger partial charge in [0.1, 0.15) is 0 Å². The number of hydrogen-bond donors (Lipinski definition) is 0. The second kappa shape index (κ2) is 6.11. The Bertz CT molecular complexity index is 900. The molecule has 4 rings (SSSR count). The van der Waals surface area contributed by atoms with Gasteiger partial charge in [-0.3, -0.25) is 14.4 Å². The Morgan fingerprint density at radius 3 is 2.04 bits per heavy atom. The number of amides is 3. The second-order valence-corrected chi connectivity index (χ2v) is 6.02. The van der Waals surface area contributed by atoms with Gasteiger partial charge in [-0.05, 0) is 42.8 Å². The van der Waals surface area contributed by atoms with Crippen molar-refractivity contribution >= 4 is 29.4 Å². The molecule has 0 bridgehead atoms. The number of anilines is 1. The highest BCUT2D eigenvalue weighted by Crippen LogP contribution is 2.25. The fourth-order valence-corrected chi connectivity index (χ4v) is 3.08. The summed E-state index contributed by atoms with van der Waals surface area (Å²) >= 11 is 0. The second-order valence-electron chi connectivity index (χ2n) is 6.02. The van der Waals surface area contributed by atoms with Crippen LogP contribution < -0.4 is 4.90 Å². The van der Waals surface area contributed by atoms with Crippen LogP contribution >= 0.6 is 0 Å². The molecule has 130 valence electrons. The Hall–Kier alpha value is -3.48. The van der Waals surface area contributed by atoms with Crippen LogP contribution in [0.1, 0.15) is 43.9 Å². The molecule has 7 nitrogen and oxygen atoms in total. The molecule has 0 spiro atoms. The Morgan fingerprint density at radius 1 is 0.885 bits per heavy atom. The number of carbonyl (C=O) groups excluding carboxylic acids is 4. The lowest BCUT2D eigenvalue weighted by molar-refractivity contribution is -0.117. The van der Waals surface area contributed by atoms with E-state index in [-0.39, 0.29) is 22.6 Å². The minimum atomic E-state index is -0.821. The van der Waals surface area contributed by atoms with Crippen LogP contribution in [0.2, 0.25) is 0 Å². The van der Waals surface area contributed by atoms with E-state index in [1.54, 1.807) is 29.2 Å². The minimum Gasteiger partial charge on any atom is -0.324 e. The summed E-state index contributed by atoms with van der Waals surface area (Å²) in [5.74, 6) is -2.11. The lowest BCUT2D eigenvalue weighted by Gasteiger charge is -2.16. The predicted molar refractivity (Wildman–Crippen MR) is 90.4 cm³/mol. The Kier molecular flexibility index (Phi) is 3.76. The van der Waals surface area contributed by atoms with Crippen molar-refractivity contribution < 1.29 is 24.0 Å². The average Bonchev–Trinajstić information content (AvgIpc) is 3.19. The van der Waals surface area contributed by atoms with Crippen molar-refractivity contribution in [3.05, 3.63) is 65.2 Å². The van der Waals surface area contributed by atoms with E-state index < -0.39 is 17.8 Å². The summed E-state index contributed by atoms with van der Waals surface area (Å²) in [7, 11) is 0. The Balaban J connectivity index is 1.50. The van der Waals surface area contributed by atoms with Crippen molar-refractivity contribution in [1.82, 2.24) is 5.06 Å². The van der Waals surface area contributed by atoms with Gasteiger partial charge in [0.15, 0.2) is 0 Å². The standard InChI is InChI=1S/C19H14N2O5/c22-16-6-3-11-20(16)13-9-7-12(8-10-13)19(25)26-21-17(23)14-4-1-2-5-15(14)18(21)24/h1-2,4-5,7-10H,3,6,11H2. The first-order valence-electron chi connectivity index (χ1n) is 8.17. The van der Waals surface area contributed by atoms with Gasteiger partial charge in [-0.25, -0.2) is 4.79 Å². The van der Waals surface area contributed by atoms with Gasteiger partial charge in [-0.15, -0.1) is 0 Å². The molecule has 0 N–H and O–H groups in total. The molecule has 0 aliphatic carbocycles. The monoisotopic (exact) mass is 350 g/mol. The maximum absolute atomic E-state index is 12.3. The molecule has 2 heterocycles. The molecule has 0 saturated carbocycles. The van der Waals surface area contributed by atoms with E-state index in [1.807, 2.05) is 0 Å². The maximum atomic E-state index is 12.3. The molecule has 1 fully saturated rings. The zero-order chi connectivity index (χ0) is 18.3. The van der Waals surface area contributed by atoms with Gasteiger partial charge in [-0.2, -0.15) is 0 Å². The van der Waals surface area contributed by atoms with E-state index >= 15 is 0 Å². The smallest absolute Gasteiger partial charge is 0.324 e. The molecule has 3 amide bonds. The molecule has 0 radical (unpaired) electrons. The van der Waals surface area contributed by atoms with Gasteiger partial charge in [0.2, 0.25) is 5.91 Å². The number of nitrogens with zero attached hydrogens (tertiary/aromatic N) is 2. The fraction of sp³-hybridized carbons (Fsp3) is 0.158. The number of benzene rings is 2. The van der Waals surface area contributed by atoms with Crippen LogP contribution in [0.5, 0.6) is 0 Å². The first kappa shape index (κ1) is 16.0. The third-order valence-corrected chi connectivity index (χ3v) is 4.42. The third-order valence-electron chi connectivity index (χ3n) is 4.42. The van der Waals surface area contributed by atoms with E-state index in [0.717, 1.165) is 6.42 Å². The summed E-state index contributed by atoms with van der Waals surface area (Å²) in [5.41, 5.74) is 1.28. The summed E-state index contributed by atoms with van der Waals surface area (Å²) in [6.07, 6.45) is 1.33. The van der Waals surface area contributed by atoms with Crippen LogP contribution in [0.15, 0.2) is 48.5 Å². The molecular formula is C19H14N2O5. The minimum absolute atomic E-state index is 0.0475. The van der Waals surface area contributed by atoms with E-state index in [4.69, 9.17) is 4.84 Å². The number of rotatable bonds is 3. The molecule has 0 unspecified atom stereocenters. The van der Waals surface area contributed by atoms with Gasteiger partial charge >= 0.3 is 5.97 Å². The molecule has 2 aromatic rings. The Labute approximate surface area is 148 Å². The summed E-state index contributed by atoms with van der Waals surface area (Å²) in [5, 5.41) is 0.477. The molecular weight excluding hydrogens is 336 g/mol. The number of hydrogen-bond acceptors (Lipinski definition) is 5. The van der Waals surface area contributed by atoms with Gasteiger partial charge in [0.25, 0.3) is 11.8 Å². The summed E-state index contributed by atoms with van der Waals surface area (Å²) < 4.78 is 0. The lowest BCUT2D eigenvalue weighted by Crippen LogP contribution is -2.32. The summed E-state index contributed by atoms with van der Waals surface area (Å²) in [6, 6.07) is 12.6. The third kappa shape index (κ3) is 2.54. The van der Waals surface area contributed by atoms with E-state index in [2.05, 4.69) is 0 Å². The van der Waals surface area contributed by atoms with E-state index in [1.165, 1.54) is 24.3 Å². The molecule has 2 aliphatic heterocycles. The number of imide groups is 1. The molecule has 0 atom stereocenters. The molecule has 1 saturated heterocycles. The van der Waals surface area contributed by atoms with Crippen molar-refractivity contribution in [2.75, 3.05) is 11.4 Å². The van der Waals surface area contributed by atoms with Crippen molar-refractivity contribution in [3.63, 3.8) is 0 Å². The lowest BCUT2D eigenvalue weighted by atomic mass is 10.1. The van der Waals surface area contributed by atoms with Crippen LogP contribution in [0.25, 0.3) is 0 Å². The van der Waals surface area contributed by atoms with Gasteiger partial charge in [-0.1, -0.05) is 17.2 Å². The first-order valence-corrected chi connectivity index (χ1v) is 8.17. The van der Waals surface area contributed by atoms with Crippen LogP contribution in [0.3, 0.4) is 0 Å². The largest absolute Gasteiger partial charge is 0.363 e. The SMILES string of the molecule is O=C(ON1C(=O)c2ccccc2C1=O)c1ccc(N2CCCC2=O)cc1.